The molecule has 4 aliphatic rings. The first kappa shape index (κ1) is 20.8. The van der Waals surface area contributed by atoms with Crippen molar-refractivity contribution in [3.8, 4) is 5.75 Å². The number of fused-ring (bicyclic) bond motifs is 3. The number of ether oxygens (including phenoxy) is 2. The normalized spacial score (nSPS) is 28.0. The standard InChI is InChI=1S/C20H23ClF3N5O2/c1-30-13-8-25-17(21)28-15(13)26-10-18-4-6-19(7-5-18,31-11-18)16-27-14(20(22,23)24)9-29(16)12-2-3-12/h8-9,12H,2-7,10-11H2,1H3,(H,25,26,28). The van der Waals surface area contributed by atoms with Crippen molar-refractivity contribution in [3.05, 3.63) is 29.2 Å². The highest BCUT2D eigenvalue weighted by molar-refractivity contribution is 6.28. The summed E-state index contributed by atoms with van der Waals surface area (Å²) in [5.41, 5.74) is -1.71. The molecular formula is C20H23ClF3N5O2. The monoisotopic (exact) mass is 457 g/mol. The Bertz CT molecular complexity index is 967. The zero-order chi connectivity index (χ0) is 21.9. The summed E-state index contributed by atoms with van der Waals surface area (Å²) >= 11 is 5.91. The molecule has 4 heterocycles. The molecule has 168 valence electrons. The summed E-state index contributed by atoms with van der Waals surface area (Å²) in [4.78, 5) is 12.1. The van der Waals surface area contributed by atoms with Crippen molar-refractivity contribution in [2.45, 2.75) is 56.3 Å². The molecule has 1 N–H and O–H groups in total. The number of imidazole rings is 1. The van der Waals surface area contributed by atoms with Gasteiger partial charge in [-0.3, -0.25) is 0 Å². The Labute approximate surface area is 182 Å². The lowest BCUT2D eigenvalue weighted by Crippen LogP contribution is -2.52. The number of hydrogen-bond acceptors (Lipinski definition) is 6. The average Bonchev–Trinajstić information content (AvgIpc) is 3.50. The molecule has 7 nitrogen and oxygen atoms in total. The number of alkyl halides is 3. The molecule has 4 fully saturated rings. The summed E-state index contributed by atoms with van der Waals surface area (Å²) in [6, 6.07) is 0.0989. The molecule has 0 aromatic carbocycles. The largest absolute Gasteiger partial charge is 0.491 e. The van der Waals surface area contributed by atoms with Gasteiger partial charge in [0.2, 0.25) is 5.28 Å². The van der Waals surface area contributed by atoms with E-state index in [1.165, 1.54) is 13.3 Å². The van der Waals surface area contributed by atoms with E-state index in [4.69, 9.17) is 21.1 Å². The first-order chi connectivity index (χ1) is 14.7. The van der Waals surface area contributed by atoms with Crippen LogP contribution < -0.4 is 10.1 Å². The Morgan fingerprint density at radius 3 is 2.58 bits per heavy atom. The molecule has 2 saturated heterocycles. The summed E-state index contributed by atoms with van der Waals surface area (Å²) in [6.07, 6.45) is 2.89. The van der Waals surface area contributed by atoms with Gasteiger partial charge in [0.1, 0.15) is 11.4 Å². The van der Waals surface area contributed by atoms with E-state index >= 15 is 0 Å². The van der Waals surface area contributed by atoms with E-state index in [0.29, 0.717) is 43.4 Å². The van der Waals surface area contributed by atoms with Crippen LogP contribution in [0.5, 0.6) is 5.75 Å². The third kappa shape index (κ3) is 3.73. The highest BCUT2D eigenvalue weighted by Gasteiger charge is 2.54. The van der Waals surface area contributed by atoms with Crippen molar-refractivity contribution in [2.75, 3.05) is 25.6 Å². The van der Waals surface area contributed by atoms with Crippen LogP contribution in [-0.2, 0) is 16.5 Å². The van der Waals surface area contributed by atoms with Gasteiger partial charge in [-0.2, -0.15) is 18.2 Å². The van der Waals surface area contributed by atoms with Crippen molar-refractivity contribution in [1.29, 1.82) is 0 Å². The van der Waals surface area contributed by atoms with E-state index in [-0.39, 0.29) is 16.7 Å². The van der Waals surface area contributed by atoms with Gasteiger partial charge in [0.05, 0.1) is 19.9 Å². The Morgan fingerprint density at radius 2 is 2.00 bits per heavy atom. The number of rotatable bonds is 6. The molecule has 2 aromatic rings. The fourth-order valence-corrected chi connectivity index (χ4v) is 4.81. The molecule has 2 aliphatic heterocycles. The van der Waals surface area contributed by atoms with Crippen molar-refractivity contribution in [3.63, 3.8) is 0 Å². The average molecular weight is 458 g/mol. The third-order valence-electron chi connectivity index (χ3n) is 6.72. The first-order valence-electron chi connectivity index (χ1n) is 10.3. The van der Waals surface area contributed by atoms with Gasteiger partial charge >= 0.3 is 6.18 Å². The number of anilines is 1. The maximum Gasteiger partial charge on any atom is 0.434 e. The second kappa shape index (κ2) is 7.23. The summed E-state index contributed by atoms with van der Waals surface area (Å²) in [5.74, 6) is 1.44. The zero-order valence-corrected chi connectivity index (χ0v) is 17.8. The highest BCUT2D eigenvalue weighted by atomic mass is 35.5. The molecular weight excluding hydrogens is 435 g/mol. The fraction of sp³-hybridized carbons (Fsp3) is 0.650. The number of methoxy groups -OCH3 is 1. The number of aromatic nitrogens is 4. The quantitative estimate of drug-likeness (QED) is 0.640. The first-order valence-corrected chi connectivity index (χ1v) is 10.7. The van der Waals surface area contributed by atoms with Gasteiger partial charge in [0, 0.05) is 24.2 Å². The van der Waals surface area contributed by atoms with E-state index in [9.17, 15) is 13.2 Å². The SMILES string of the molecule is COc1cnc(Cl)nc1NCC12CCC(c3nc(C(F)(F)F)cn3C3CC3)(CC1)OC2. The molecule has 2 aromatic heterocycles. The van der Waals surface area contributed by atoms with Gasteiger partial charge in [0.25, 0.3) is 0 Å². The number of nitrogens with one attached hydrogen (secondary N) is 1. The van der Waals surface area contributed by atoms with Crippen molar-refractivity contribution in [2.24, 2.45) is 5.41 Å². The molecule has 0 amide bonds. The lowest BCUT2D eigenvalue weighted by molar-refractivity contribution is -0.190. The van der Waals surface area contributed by atoms with E-state index in [0.717, 1.165) is 31.9 Å². The minimum Gasteiger partial charge on any atom is -0.491 e. The Hall–Kier alpha value is -2.07. The fourth-order valence-electron chi connectivity index (χ4n) is 4.67. The maximum absolute atomic E-state index is 13.3. The van der Waals surface area contributed by atoms with Gasteiger partial charge in [0.15, 0.2) is 17.3 Å². The Morgan fingerprint density at radius 1 is 1.26 bits per heavy atom. The topological polar surface area (TPSA) is 74.1 Å². The molecule has 0 spiro atoms. The van der Waals surface area contributed by atoms with Gasteiger partial charge in [-0.1, -0.05) is 0 Å². The second-order valence-electron chi connectivity index (χ2n) is 8.78. The highest BCUT2D eigenvalue weighted by Crippen LogP contribution is 2.55. The van der Waals surface area contributed by atoms with E-state index in [1.807, 2.05) is 0 Å². The predicted octanol–water partition coefficient (Wildman–Crippen LogP) is 4.59. The third-order valence-corrected chi connectivity index (χ3v) is 6.90. The Kier molecular flexibility index (Phi) is 4.85. The van der Waals surface area contributed by atoms with Crippen LogP contribution in [0.1, 0.15) is 56.1 Å². The summed E-state index contributed by atoms with van der Waals surface area (Å²) in [7, 11) is 1.53. The molecule has 0 atom stereocenters. The van der Waals surface area contributed by atoms with Crippen LogP contribution in [0.25, 0.3) is 0 Å². The summed E-state index contributed by atoms with van der Waals surface area (Å²) in [5, 5.41) is 3.42. The summed E-state index contributed by atoms with van der Waals surface area (Å²) < 4.78 is 53.3. The predicted molar refractivity (Wildman–Crippen MR) is 106 cm³/mol. The number of halogens is 4. The Balaban J connectivity index is 1.34. The van der Waals surface area contributed by atoms with E-state index < -0.39 is 17.5 Å². The number of hydrogen-bond donors (Lipinski definition) is 1. The van der Waals surface area contributed by atoms with Crippen molar-refractivity contribution >= 4 is 17.4 Å². The van der Waals surface area contributed by atoms with E-state index in [1.54, 1.807) is 4.57 Å². The molecule has 2 saturated carbocycles. The van der Waals surface area contributed by atoms with Crippen molar-refractivity contribution < 1.29 is 22.6 Å². The molecule has 6 rings (SSSR count). The van der Waals surface area contributed by atoms with Crippen LogP contribution in [-0.4, -0.2) is 39.8 Å². The van der Waals surface area contributed by atoms with Crippen molar-refractivity contribution in [1.82, 2.24) is 19.5 Å². The molecule has 2 bridgehead atoms. The van der Waals surface area contributed by atoms with Crippen LogP contribution in [0.3, 0.4) is 0 Å². The van der Waals surface area contributed by atoms with Crippen LogP contribution in [0.15, 0.2) is 12.4 Å². The zero-order valence-electron chi connectivity index (χ0n) is 17.0. The molecule has 2 aliphatic carbocycles. The van der Waals surface area contributed by atoms with Crippen LogP contribution in [0.2, 0.25) is 5.28 Å². The smallest absolute Gasteiger partial charge is 0.434 e. The lowest BCUT2D eigenvalue weighted by Gasteiger charge is -2.52. The van der Waals surface area contributed by atoms with Crippen LogP contribution >= 0.6 is 11.6 Å². The second-order valence-corrected chi connectivity index (χ2v) is 9.12. The van der Waals surface area contributed by atoms with Gasteiger partial charge in [-0.05, 0) is 50.1 Å². The van der Waals surface area contributed by atoms with Crippen LogP contribution in [0, 0.1) is 5.41 Å². The number of nitrogens with zero attached hydrogens (tertiary/aromatic N) is 4. The molecule has 31 heavy (non-hydrogen) atoms. The minimum atomic E-state index is -4.46. The molecule has 0 unspecified atom stereocenters. The van der Waals surface area contributed by atoms with Gasteiger partial charge in [-0.15, -0.1) is 0 Å². The lowest BCUT2D eigenvalue weighted by atomic mass is 9.65. The van der Waals surface area contributed by atoms with Crippen LogP contribution in [0.4, 0.5) is 19.0 Å². The maximum atomic E-state index is 13.3. The van der Waals surface area contributed by atoms with Gasteiger partial charge < -0.3 is 19.4 Å². The van der Waals surface area contributed by atoms with E-state index in [2.05, 4.69) is 20.3 Å². The summed E-state index contributed by atoms with van der Waals surface area (Å²) in [6.45, 7) is 1.04. The van der Waals surface area contributed by atoms with Gasteiger partial charge in [-0.25, -0.2) is 9.97 Å². The minimum absolute atomic E-state index is 0.0989. The molecule has 11 heteroatoms. The molecule has 0 radical (unpaired) electrons.